The van der Waals surface area contributed by atoms with Crippen LogP contribution in [0.4, 0.5) is 14.5 Å². The smallest absolute Gasteiger partial charge is 0.340 e. The second-order valence-electron chi connectivity index (χ2n) is 4.36. The summed E-state index contributed by atoms with van der Waals surface area (Å²) in [6.45, 7) is 0.760. The van der Waals surface area contributed by atoms with E-state index in [1.54, 1.807) is 6.92 Å². The summed E-state index contributed by atoms with van der Waals surface area (Å²) in [4.78, 5) is 11.2. The molecule has 0 bridgehead atoms. The molecule has 0 fully saturated rings. The fourth-order valence-corrected chi connectivity index (χ4v) is 1.64. The van der Waals surface area contributed by atoms with Gasteiger partial charge in [-0.2, -0.15) is 0 Å². The van der Waals surface area contributed by atoms with E-state index in [0.29, 0.717) is 6.42 Å². The number of nitrogens with one attached hydrogen (secondary N) is 1. The van der Waals surface area contributed by atoms with Crippen LogP contribution in [0, 0.1) is 11.6 Å². The summed E-state index contributed by atoms with van der Waals surface area (Å²) >= 11 is 0. The van der Waals surface area contributed by atoms with Crippen molar-refractivity contribution in [1.29, 1.82) is 0 Å². The van der Waals surface area contributed by atoms with E-state index >= 15 is 0 Å². The van der Waals surface area contributed by atoms with E-state index in [2.05, 4.69) is 10.1 Å². The number of hydrogen-bond donors (Lipinski definition) is 3. The second kappa shape index (κ2) is 6.62. The molecule has 5 nitrogen and oxygen atoms in total. The molecule has 1 aromatic rings. The molecular weight excluding hydrogens is 272 g/mol. The maximum atomic E-state index is 13.9. The van der Waals surface area contributed by atoms with Gasteiger partial charge in [-0.3, -0.25) is 0 Å². The van der Waals surface area contributed by atoms with Crippen LogP contribution in [0.5, 0.6) is 0 Å². The van der Waals surface area contributed by atoms with Crippen LogP contribution in [0.3, 0.4) is 0 Å². The maximum absolute atomic E-state index is 13.9. The number of aliphatic hydroxyl groups excluding tert-OH is 2. The van der Waals surface area contributed by atoms with E-state index in [-0.39, 0.29) is 5.69 Å². The van der Waals surface area contributed by atoms with Gasteiger partial charge in [-0.1, -0.05) is 6.92 Å². The molecule has 0 aliphatic carbocycles. The average molecular weight is 289 g/mol. The lowest BCUT2D eigenvalue weighted by Gasteiger charge is -2.31. The molecule has 0 unspecified atom stereocenters. The van der Waals surface area contributed by atoms with Crippen LogP contribution in [0.25, 0.3) is 0 Å². The van der Waals surface area contributed by atoms with Crippen molar-refractivity contribution < 1.29 is 28.5 Å². The van der Waals surface area contributed by atoms with E-state index in [9.17, 15) is 23.8 Å². The molecule has 7 heteroatoms. The van der Waals surface area contributed by atoms with Crippen LogP contribution in [0.15, 0.2) is 12.1 Å². The second-order valence-corrected chi connectivity index (χ2v) is 4.36. The molecule has 0 aliphatic rings. The molecule has 0 heterocycles. The highest BCUT2D eigenvalue weighted by Gasteiger charge is 2.29. The van der Waals surface area contributed by atoms with Gasteiger partial charge in [-0.05, 0) is 18.6 Å². The van der Waals surface area contributed by atoms with Gasteiger partial charge < -0.3 is 20.3 Å². The molecule has 0 atom stereocenters. The Morgan fingerprint density at radius 2 is 1.90 bits per heavy atom. The highest BCUT2D eigenvalue weighted by molar-refractivity contribution is 5.90. The predicted octanol–water partition coefficient (Wildman–Crippen LogP) is 1.30. The summed E-state index contributed by atoms with van der Waals surface area (Å²) in [6.07, 6.45) is 0.291. The number of halogens is 2. The van der Waals surface area contributed by atoms with Gasteiger partial charge in [0.15, 0.2) is 11.6 Å². The first-order valence-electron chi connectivity index (χ1n) is 6.01. The zero-order valence-electron chi connectivity index (χ0n) is 11.2. The minimum absolute atomic E-state index is 0.250. The minimum Gasteiger partial charge on any atom is -0.465 e. The molecule has 0 spiro atoms. The fourth-order valence-electron chi connectivity index (χ4n) is 1.64. The SMILES string of the molecule is CCC(CO)(CO)Nc1ccc(C(=O)OC)c(F)c1F. The predicted molar refractivity (Wildman–Crippen MR) is 68.5 cm³/mol. The van der Waals surface area contributed by atoms with Crippen LogP contribution in [0.1, 0.15) is 23.7 Å². The largest absolute Gasteiger partial charge is 0.465 e. The number of ether oxygens (including phenoxy) is 1. The Kier molecular flexibility index (Phi) is 5.41. The lowest BCUT2D eigenvalue weighted by molar-refractivity contribution is 0.0594. The first-order chi connectivity index (χ1) is 9.44. The molecule has 0 radical (unpaired) electrons. The Balaban J connectivity index is 3.16. The summed E-state index contributed by atoms with van der Waals surface area (Å²) in [6, 6.07) is 2.22. The van der Waals surface area contributed by atoms with Gasteiger partial charge in [-0.25, -0.2) is 13.6 Å². The summed E-state index contributed by atoms with van der Waals surface area (Å²) < 4.78 is 32.0. The lowest BCUT2D eigenvalue weighted by atomic mass is 9.97. The number of benzene rings is 1. The zero-order valence-corrected chi connectivity index (χ0v) is 11.2. The number of hydrogen-bond acceptors (Lipinski definition) is 5. The number of carbonyl (C=O) groups is 1. The molecule has 0 saturated heterocycles. The first kappa shape index (κ1) is 16.3. The zero-order chi connectivity index (χ0) is 15.3. The molecular formula is C13H17F2NO4. The third kappa shape index (κ3) is 3.05. The van der Waals surface area contributed by atoms with Crippen molar-refractivity contribution in [3.8, 4) is 0 Å². The number of esters is 1. The number of methoxy groups -OCH3 is 1. The van der Waals surface area contributed by atoms with Gasteiger partial charge in [0.05, 0.1) is 37.1 Å². The van der Waals surface area contributed by atoms with Crippen molar-refractivity contribution in [3.05, 3.63) is 29.3 Å². The molecule has 1 aromatic carbocycles. The van der Waals surface area contributed by atoms with E-state index < -0.39 is 41.9 Å². The van der Waals surface area contributed by atoms with Crippen LogP contribution < -0.4 is 5.32 Å². The minimum atomic E-state index is -1.34. The highest BCUT2D eigenvalue weighted by atomic mass is 19.2. The van der Waals surface area contributed by atoms with Gasteiger partial charge in [0.1, 0.15) is 0 Å². The standard InChI is InChI=1S/C13H17F2NO4/c1-3-13(6-17,7-18)16-9-5-4-8(12(19)20-2)10(14)11(9)15/h4-5,16-18H,3,6-7H2,1-2H3. The quantitative estimate of drug-likeness (QED) is 0.688. The molecule has 3 N–H and O–H groups in total. The van der Waals surface area contributed by atoms with E-state index in [1.807, 2.05) is 0 Å². The van der Waals surface area contributed by atoms with Crippen molar-refractivity contribution >= 4 is 11.7 Å². The van der Waals surface area contributed by atoms with Crippen molar-refractivity contribution in [2.45, 2.75) is 18.9 Å². The van der Waals surface area contributed by atoms with Gasteiger partial charge >= 0.3 is 5.97 Å². The Bertz CT molecular complexity index is 481. The molecule has 20 heavy (non-hydrogen) atoms. The Hall–Kier alpha value is -1.73. The topological polar surface area (TPSA) is 78.8 Å². The fraction of sp³-hybridized carbons (Fsp3) is 0.462. The molecule has 1 rings (SSSR count). The average Bonchev–Trinajstić information content (AvgIpc) is 2.48. The van der Waals surface area contributed by atoms with E-state index in [4.69, 9.17) is 0 Å². The summed E-state index contributed by atoms with van der Waals surface area (Å²) in [5, 5.41) is 21.1. The number of carbonyl (C=O) groups excluding carboxylic acids is 1. The molecule has 0 aromatic heterocycles. The number of aliphatic hydroxyl groups is 2. The Morgan fingerprint density at radius 1 is 1.30 bits per heavy atom. The first-order valence-corrected chi connectivity index (χ1v) is 6.01. The Morgan fingerprint density at radius 3 is 2.35 bits per heavy atom. The van der Waals surface area contributed by atoms with Crippen molar-refractivity contribution in [2.75, 3.05) is 25.6 Å². The highest BCUT2D eigenvalue weighted by Crippen LogP contribution is 2.25. The summed E-state index contributed by atoms with van der Waals surface area (Å²) in [5.41, 5.74) is -1.94. The van der Waals surface area contributed by atoms with Crippen molar-refractivity contribution in [3.63, 3.8) is 0 Å². The van der Waals surface area contributed by atoms with Gasteiger partial charge in [0.25, 0.3) is 0 Å². The monoisotopic (exact) mass is 289 g/mol. The van der Waals surface area contributed by atoms with Crippen molar-refractivity contribution in [2.24, 2.45) is 0 Å². The van der Waals surface area contributed by atoms with Crippen LogP contribution in [-0.4, -0.2) is 42.0 Å². The summed E-state index contributed by atoms with van der Waals surface area (Å²) in [7, 11) is 1.06. The Labute approximate surface area is 115 Å². The third-order valence-corrected chi connectivity index (χ3v) is 3.17. The van der Waals surface area contributed by atoms with Gasteiger partial charge in [0, 0.05) is 0 Å². The number of rotatable bonds is 6. The van der Waals surface area contributed by atoms with Crippen LogP contribution in [-0.2, 0) is 4.74 Å². The molecule has 0 amide bonds. The van der Waals surface area contributed by atoms with E-state index in [0.717, 1.165) is 19.2 Å². The normalized spacial score (nSPS) is 11.3. The van der Waals surface area contributed by atoms with Gasteiger partial charge in [-0.15, -0.1) is 0 Å². The maximum Gasteiger partial charge on any atom is 0.340 e. The summed E-state index contributed by atoms with van der Waals surface area (Å²) in [5.74, 6) is -3.60. The lowest BCUT2D eigenvalue weighted by Crippen LogP contribution is -2.45. The molecule has 112 valence electrons. The van der Waals surface area contributed by atoms with Crippen LogP contribution >= 0.6 is 0 Å². The van der Waals surface area contributed by atoms with Crippen molar-refractivity contribution in [1.82, 2.24) is 0 Å². The third-order valence-electron chi connectivity index (χ3n) is 3.17. The molecule has 0 saturated carbocycles. The van der Waals surface area contributed by atoms with E-state index in [1.165, 1.54) is 0 Å². The van der Waals surface area contributed by atoms with Gasteiger partial charge in [0.2, 0.25) is 0 Å². The number of anilines is 1. The van der Waals surface area contributed by atoms with Crippen LogP contribution in [0.2, 0.25) is 0 Å². The molecule has 0 aliphatic heterocycles.